The SMILES string of the molecule is Cc1nn(-c2c(F)cc(C(=N)N)cc2F)c(C)c1C. The first kappa shape index (κ1) is 13.2. The van der Waals surface area contributed by atoms with E-state index < -0.39 is 11.6 Å². The van der Waals surface area contributed by atoms with Crippen LogP contribution < -0.4 is 5.73 Å². The number of hydrogen-bond donors (Lipinski definition) is 2. The summed E-state index contributed by atoms with van der Waals surface area (Å²) in [7, 11) is 0. The molecular weight excluding hydrogens is 250 g/mol. The molecule has 19 heavy (non-hydrogen) atoms. The largest absolute Gasteiger partial charge is 0.384 e. The van der Waals surface area contributed by atoms with Crippen LogP contribution in [0.3, 0.4) is 0 Å². The predicted molar refractivity (Wildman–Crippen MR) is 68.7 cm³/mol. The maximum Gasteiger partial charge on any atom is 0.152 e. The van der Waals surface area contributed by atoms with Gasteiger partial charge in [-0.2, -0.15) is 5.10 Å². The fourth-order valence-electron chi connectivity index (χ4n) is 1.86. The van der Waals surface area contributed by atoms with Crippen LogP contribution in [-0.2, 0) is 0 Å². The summed E-state index contributed by atoms with van der Waals surface area (Å²) >= 11 is 0. The zero-order chi connectivity index (χ0) is 14.3. The van der Waals surface area contributed by atoms with E-state index in [1.54, 1.807) is 13.8 Å². The zero-order valence-corrected chi connectivity index (χ0v) is 10.9. The summed E-state index contributed by atoms with van der Waals surface area (Å²) in [4.78, 5) is 0. The lowest BCUT2D eigenvalue weighted by Crippen LogP contribution is -2.14. The van der Waals surface area contributed by atoms with Crippen LogP contribution in [0, 0.1) is 37.8 Å². The lowest BCUT2D eigenvalue weighted by atomic mass is 10.1. The Bertz CT molecular complexity index is 651. The topological polar surface area (TPSA) is 67.7 Å². The maximum atomic E-state index is 14.0. The molecule has 0 bridgehead atoms. The smallest absolute Gasteiger partial charge is 0.152 e. The highest BCUT2D eigenvalue weighted by Crippen LogP contribution is 2.23. The molecule has 3 N–H and O–H groups in total. The molecule has 1 aromatic heterocycles. The lowest BCUT2D eigenvalue weighted by Gasteiger charge is -2.09. The highest BCUT2D eigenvalue weighted by Gasteiger charge is 2.18. The minimum absolute atomic E-state index is 0.0111. The van der Waals surface area contributed by atoms with Gasteiger partial charge in [0.1, 0.15) is 11.5 Å². The standard InChI is InChI=1S/C13H14F2N4/c1-6-7(2)18-19(8(6)3)12-10(14)4-9(13(16)17)5-11(12)15/h4-5H,1-3H3,(H3,16,17). The Morgan fingerprint density at radius 3 is 2.11 bits per heavy atom. The number of nitrogens with one attached hydrogen (secondary N) is 1. The highest BCUT2D eigenvalue weighted by molar-refractivity contribution is 5.95. The number of amidine groups is 1. The summed E-state index contributed by atoms with van der Waals surface area (Å²) in [6.45, 7) is 5.36. The van der Waals surface area contributed by atoms with E-state index in [0.717, 1.165) is 17.7 Å². The van der Waals surface area contributed by atoms with E-state index in [4.69, 9.17) is 11.1 Å². The molecule has 1 heterocycles. The van der Waals surface area contributed by atoms with Crippen molar-refractivity contribution in [3.05, 3.63) is 46.3 Å². The van der Waals surface area contributed by atoms with Crippen LogP contribution in [0.15, 0.2) is 12.1 Å². The minimum Gasteiger partial charge on any atom is -0.384 e. The molecule has 0 unspecified atom stereocenters. The van der Waals surface area contributed by atoms with E-state index in [-0.39, 0.29) is 17.1 Å². The van der Waals surface area contributed by atoms with Crippen molar-refractivity contribution < 1.29 is 8.78 Å². The Hall–Kier alpha value is -2.24. The third-order valence-corrected chi connectivity index (χ3v) is 3.19. The lowest BCUT2D eigenvalue weighted by molar-refractivity contribution is 0.556. The first-order valence-electron chi connectivity index (χ1n) is 5.69. The molecule has 0 radical (unpaired) electrons. The molecule has 2 aromatic rings. The van der Waals surface area contributed by atoms with Crippen LogP contribution in [0.1, 0.15) is 22.5 Å². The van der Waals surface area contributed by atoms with Gasteiger partial charge in [0, 0.05) is 11.3 Å². The summed E-state index contributed by atoms with van der Waals surface area (Å²) in [5.41, 5.74) is 7.26. The van der Waals surface area contributed by atoms with Gasteiger partial charge in [0.05, 0.1) is 5.69 Å². The Balaban J connectivity index is 2.69. The Labute approximate surface area is 109 Å². The van der Waals surface area contributed by atoms with E-state index in [1.165, 1.54) is 4.68 Å². The average Bonchev–Trinajstić information content (AvgIpc) is 2.56. The molecule has 0 amide bonds. The fraction of sp³-hybridized carbons (Fsp3) is 0.231. The average molecular weight is 264 g/mol. The van der Waals surface area contributed by atoms with Crippen molar-refractivity contribution >= 4 is 5.84 Å². The number of nitrogen functional groups attached to an aromatic ring is 1. The molecule has 0 aliphatic rings. The van der Waals surface area contributed by atoms with Gasteiger partial charge >= 0.3 is 0 Å². The van der Waals surface area contributed by atoms with E-state index in [2.05, 4.69) is 5.10 Å². The summed E-state index contributed by atoms with van der Waals surface area (Å²) < 4.78 is 29.3. The van der Waals surface area contributed by atoms with Crippen LogP contribution in [-0.4, -0.2) is 15.6 Å². The molecule has 0 aliphatic heterocycles. The molecule has 6 heteroatoms. The van der Waals surface area contributed by atoms with Gasteiger partial charge in [-0.15, -0.1) is 0 Å². The zero-order valence-electron chi connectivity index (χ0n) is 10.9. The maximum absolute atomic E-state index is 14.0. The molecule has 0 aliphatic carbocycles. The van der Waals surface area contributed by atoms with Gasteiger partial charge in [-0.05, 0) is 38.5 Å². The molecule has 0 fully saturated rings. The second kappa shape index (κ2) is 4.46. The second-order valence-electron chi connectivity index (χ2n) is 4.41. The van der Waals surface area contributed by atoms with Gasteiger partial charge in [-0.25, -0.2) is 13.5 Å². The first-order valence-corrected chi connectivity index (χ1v) is 5.69. The Morgan fingerprint density at radius 2 is 1.74 bits per heavy atom. The van der Waals surface area contributed by atoms with E-state index in [0.29, 0.717) is 11.4 Å². The van der Waals surface area contributed by atoms with Crippen molar-refractivity contribution in [3.8, 4) is 5.69 Å². The van der Waals surface area contributed by atoms with Crippen LogP contribution in [0.25, 0.3) is 5.69 Å². The summed E-state index contributed by atoms with van der Waals surface area (Å²) in [6, 6.07) is 2.07. The van der Waals surface area contributed by atoms with Gasteiger partial charge in [0.25, 0.3) is 0 Å². The van der Waals surface area contributed by atoms with Gasteiger partial charge in [-0.3, -0.25) is 5.41 Å². The third-order valence-electron chi connectivity index (χ3n) is 3.19. The van der Waals surface area contributed by atoms with E-state index >= 15 is 0 Å². The number of nitrogens with zero attached hydrogens (tertiary/aromatic N) is 2. The van der Waals surface area contributed by atoms with Crippen molar-refractivity contribution in [1.82, 2.24) is 9.78 Å². The second-order valence-corrected chi connectivity index (χ2v) is 4.41. The van der Waals surface area contributed by atoms with Crippen LogP contribution in [0.5, 0.6) is 0 Å². The minimum atomic E-state index is -0.796. The van der Waals surface area contributed by atoms with Crippen LogP contribution in [0.4, 0.5) is 8.78 Å². The van der Waals surface area contributed by atoms with Crippen molar-refractivity contribution in [2.24, 2.45) is 5.73 Å². The number of rotatable bonds is 2. The summed E-state index contributed by atoms with van der Waals surface area (Å²) in [5.74, 6) is -1.97. The van der Waals surface area contributed by atoms with Crippen molar-refractivity contribution in [2.45, 2.75) is 20.8 Å². The fourth-order valence-corrected chi connectivity index (χ4v) is 1.86. The van der Waals surface area contributed by atoms with Gasteiger partial charge < -0.3 is 5.73 Å². The molecule has 0 atom stereocenters. The summed E-state index contributed by atoms with van der Waals surface area (Å²) in [5, 5.41) is 11.3. The number of halogens is 2. The van der Waals surface area contributed by atoms with Crippen molar-refractivity contribution in [2.75, 3.05) is 0 Å². The van der Waals surface area contributed by atoms with E-state index in [9.17, 15) is 8.78 Å². The quantitative estimate of drug-likeness (QED) is 0.646. The normalized spacial score (nSPS) is 10.8. The Kier molecular flexibility index (Phi) is 3.09. The number of aryl methyl sites for hydroxylation is 1. The van der Waals surface area contributed by atoms with Gasteiger partial charge in [0.15, 0.2) is 11.6 Å². The molecule has 0 saturated heterocycles. The Morgan fingerprint density at radius 1 is 1.21 bits per heavy atom. The number of aromatic nitrogens is 2. The van der Waals surface area contributed by atoms with Crippen molar-refractivity contribution in [3.63, 3.8) is 0 Å². The van der Waals surface area contributed by atoms with Crippen LogP contribution in [0.2, 0.25) is 0 Å². The molecule has 0 spiro atoms. The highest BCUT2D eigenvalue weighted by atomic mass is 19.1. The molecule has 100 valence electrons. The van der Waals surface area contributed by atoms with Gasteiger partial charge in [0.2, 0.25) is 0 Å². The molecular formula is C13H14F2N4. The van der Waals surface area contributed by atoms with E-state index in [1.807, 2.05) is 6.92 Å². The molecule has 0 saturated carbocycles. The molecule has 4 nitrogen and oxygen atoms in total. The number of hydrogen-bond acceptors (Lipinski definition) is 2. The third kappa shape index (κ3) is 2.09. The monoisotopic (exact) mass is 264 g/mol. The molecule has 2 rings (SSSR count). The van der Waals surface area contributed by atoms with Crippen molar-refractivity contribution in [1.29, 1.82) is 5.41 Å². The predicted octanol–water partition coefficient (Wildman–Crippen LogP) is 2.36. The molecule has 1 aromatic carbocycles. The number of nitrogens with two attached hydrogens (primary N) is 1. The van der Waals surface area contributed by atoms with Crippen LogP contribution >= 0.6 is 0 Å². The van der Waals surface area contributed by atoms with Gasteiger partial charge in [-0.1, -0.05) is 0 Å². The summed E-state index contributed by atoms with van der Waals surface area (Å²) in [6.07, 6.45) is 0. The number of benzene rings is 1. The first-order chi connectivity index (χ1) is 8.82.